The van der Waals surface area contributed by atoms with Gasteiger partial charge in [0.25, 0.3) is 0 Å². The minimum Gasteiger partial charge on any atom is -0.395 e. The molecule has 0 bridgehead atoms. The number of aliphatic hydroxyl groups excluding tert-OH is 1. The van der Waals surface area contributed by atoms with Gasteiger partial charge in [0.15, 0.2) is 0 Å². The summed E-state index contributed by atoms with van der Waals surface area (Å²) in [5.41, 5.74) is 0. The highest BCUT2D eigenvalue weighted by atomic mass is 16.3. The average molecular weight is 213 g/mol. The third kappa shape index (κ3) is 5.28. The van der Waals surface area contributed by atoms with Gasteiger partial charge in [-0.15, -0.1) is 6.58 Å². The Balaban J connectivity index is 2.16. The normalized spacial score (nSPS) is 18.3. The number of nitrogens with zero attached hydrogens (tertiary/aromatic N) is 2. The Bertz CT molecular complexity index is 169. The topological polar surface area (TPSA) is 38.7 Å². The first-order valence-electron chi connectivity index (χ1n) is 5.74. The number of rotatable bonds is 7. The van der Waals surface area contributed by atoms with Crippen molar-refractivity contribution in [3.8, 4) is 0 Å². The summed E-state index contributed by atoms with van der Waals surface area (Å²) in [5, 5.41) is 12.2. The van der Waals surface area contributed by atoms with Crippen molar-refractivity contribution in [3.05, 3.63) is 12.7 Å². The fourth-order valence-corrected chi connectivity index (χ4v) is 1.84. The number of nitrogens with one attached hydrogen (secondary N) is 1. The maximum Gasteiger partial charge on any atom is 0.0558 e. The molecular weight excluding hydrogens is 190 g/mol. The molecule has 2 N–H and O–H groups in total. The van der Waals surface area contributed by atoms with Crippen molar-refractivity contribution in [2.24, 2.45) is 0 Å². The van der Waals surface area contributed by atoms with Gasteiger partial charge in [-0.25, -0.2) is 0 Å². The van der Waals surface area contributed by atoms with E-state index in [4.69, 9.17) is 5.11 Å². The van der Waals surface area contributed by atoms with Gasteiger partial charge in [0.2, 0.25) is 0 Å². The number of hydrogen-bond acceptors (Lipinski definition) is 4. The van der Waals surface area contributed by atoms with E-state index in [1.54, 1.807) is 0 Å². The molecule has 1 saturated heterocycles. The van der Waals surface area contributed by atoms with Gasteiger partial charge >= 0.3 is 0 Å². The molecular formula is C11H23N3O. The second kappa shape index (κ2) is 7.82. The summed E-state index contributed by atoms with van der Waals surface area (Å²) in [7, 11) is 0. The zero-order chi connectivity index (χ0) is 10.9. The molecule has 0 radical (unpaired) electrons. The summed E-state index contributed by atoms with van der Waals surface area (Å²) in [4.78, 5) is 4.69. The Hall–Kier alpha value is -0.420. The number of piperazine rings is 1. The summed E-state index contributed by atoms with van der Waals surface area (Å²) >= 11 is 0. The van der Waals surface area contributed by atoms with Crippen molar-refractivity contribution in [3.63, 3.8) is 0 Å². The second-order valence-electron chi connectivity index (χ2n) is 3.90. The smallest absolute Gasteiger partial charge is 0.0558 e. The molecule has 88 valence electrons. The molecule has 1 aliphatic rings. The van der Waals surface area contributed by atoms with Gasteiger partial charge in [0.05, 0.1) is 6.61 Å². The summed E-state index contributed by atoms with van der Waals surface area (Å²) in [6.07, 6.45) is 1.90. The van der Waals surface area contributed by atoms with E-state index in [0.717, 1.165) is 52.4 Å². The predicted octanol–water partition coefficient (Wildman–Crippen LogP) is -0.628. The van der Waals surface area contributed by atoms with Crippen LogP contribution in [0.4, 0.5) is 0 Å². The highest BCUT2D eigenvalue weighted by molar-refractivity contribution is 4.75. The van der Waals surface area contributed by atoms with Crippen LogP contribution in [0.15, 0.2) is 12.7 Å². The summed E-state index contributed by atoms with van der Waals surface area (Å²) in [5.74, 6) is 0. The van der Waals surface area contributed by atoms with E-state index in [2.05, 4.69) is 21.7 Å². The van der Waals surface area contributed by atoms with Gasteiger partial charge in [-0.05, 0) is 0 Å². The first kappa shape index (κ1) is 12.6. The minimum atomic E-state index is 0.232. The van der Waals surface area contributed by atoms with Crippen LogP contribution >= 0.6 is 0 Å². The van der Waals surface area contributed by atoms with E-state index in [-0.39, 0.29) is 6.61 Å². The van der Waals surface area contributed by atoms with Gasteiger partial charge in [-0.2, -0.15) is 0 Å². The quantitative estimate of drug-likeness (QED) is 0.553. The van der Waals surface area contributed by atoms with Crippen LogP contribution in [-0.2, 0) is 0 Å². The van der Waals surface area contributed by atoms with Crippen LogP contribution < -0.4 is 5.32 Å². The van der Waals surface area contributed by atoms with Gasteiger partial charge in [0.1, 0.15) is 0 Å². The van der Waals surface area contributed by atoms with Gasteiger partial charge in [-0.1, -0.05) is 6.08 Å². The average Bonchev–Trinajstić information content (AvgIpc) is 2.28. The van der Waals surface area contributed by atoms with E-state index in [1.165, 1.54) is 0 Å². The molecule has 0 amide bonds. The van der Waals surface area contributed by atoms with Crippen molar-refractivity contribution in [1.82, 2.24) is 15.1 Å². The largest absolute Gasteiger partial charge is 0.395 e. The molecule has 0 unspecified atom stereocenters. The van der Waals surface area contributed by atoms with Crippen LogP contribution in [0.3, 0.4) is 0 Å². The SMILES string of the molecule is C=CCN(CCO)CCN1CCNCC1. The van der Waals surface area contributed by atoms with Crippen LogP contribution in [0.1, 0.15) is 0 Å². The third-order valence-corrected chi connectivity index (χ3v) is 2.75. The lowest BCUT2D eigenvalue weighted by molar-refractivity contribution is 0.170. The monoisotopic (exact) mass is 213 g/mol. The summed E-state index contributed by atoms with van der Waals surface area (Å²) < 4.78 is 0. The molecule has 0 aromatic heterocycles. The molecule has 0 aromatic rings. The Morgan fingerprint density at radius 3 is 2.67 bits per heavy atom. The molecule has 1 heterocycles. The maximum atomic E-state index is 8.90. The van der Waals surface area contributed by atoms with E-state index < -0.39 is 0 Å². The van der Waals surface area contributed by atoms with Crippen LogP contribution in [0, 0.1) is 0 Å². The molecule has 0 aromatic carbocycles. The molecule has 15 heavy (non-hydrogen) atoms. The van der Waals surface area contributed by atoms with Crippen molar-refractivity contribution >= 4 is 0 Å². The fraction of sp³-hybridized carbons (Fsp3) is 0.818. The highest BCUT2D eigenvalue weighted by Crippen LogP contribution is 1.94. The first-order valence-corrected chi connectivity index (χ1v) is 5.74. The van der Waals surface area contributed by atoms with Gasteiger partial charge in [0, 0.05) is 52.4 Å². The van der Waals surface area contributed by atoms with Gasteiger partial charge < -0.3 is 10.4 Å². The molecule has 4 heteroatoms. The molecule has 1 rings (SSSR count). The van der Waals surface area contributed by atoms with E-state index in [9.17, 15) is 0 Å². The van der Waals surface area contributed by atoms with E-state index >= 15 is 0 Å². The Morgan fingerprint density at radius 1 is 1.33 bits per heavy atom. The molecule has 0 aliphatic carbocycles. The standard InChI is InChI=1S/C11H23N3O/c1-2-5-13(10-11-15)8-9-14-6-3-12-4-7-14/h2,12,15H,1,3-11H2. The summed E-state index contributed by atoms with van der Waals surface area (Å²) in [6, 6.07) is 0. The molecule has 4 nitrogen and oxygen atoms in total. The lowest BCUT2D eigenvalue weighted by Crippen LogP contribution is -2.46. The molecule has 1 aliphatic heterocycles. The van der Waals surface area contributed by atoms with Crippen molar-refractivity contribution in [2.75, 3.05) is 59.0 Å². The lowest BCUT2D eigenvalue weighted by atomic mass is 10.3. The van der Waals surface area contributed by atoms with Crippen LogP contribution in [-0.4, -0.2) is 73.9 Å². The number of aliphatic hydroxyl groups is 1. The molecule has 0 atom stereocenters. The van der Waals surface area contributed by atoms with Crippen LogP contribution in [0.5, 0.6) is 0 Å². The molecule has 0 saturated carbocycles. The molecule has 1 fully saturated rings. The third-order valence-electron chi connectivity index (χ3n) is 2.75. The zero-order valence-corrected chi connectivity index (χ0v) is 9.49. The van der Waals surface area contributed by atoms with Crippen molar-refractivity contribution < 1.29 is 5.11 Å². The first-order chi connectivity index (χ1) is 7.36. The fourth-order valence-electron chi connectivity index (χ4n) is 1.84. The van der Waals surface area contributed by atoms with Crippen LogP contribution in [0.25, 0.3) is 0 Å². The number of hydrogen-bond donors (Lipinski definition) is 2. The molecule has 0 spiro atoms. The lowest BCUT2D eigenvalue weighted by Gasteiger charge is -2.29. The Labute approximate surface area is 92.6 Å². The second-order valence-corrected chi connectivity index (χ2v) is 3.90. The van der Waals surface area contributed by atoms with Crippen molar-refractivity contribution in [2.45, 2.75) is 0 Å². The maximum absolute atomic E-state index is 8.90. The van der Waals surface area contributed by atoms with Crippen LogP contribution in [0.2, 0.25) is 0 Å². The van der Waals surface area contributed by atoms with E-state index in [1.807, 2.05) is 6.08 Å². The zero-order valence-electron chi connectivity index (χ0n) is 9.49. The minimum absolute atomic E-state index is 0.232. The van der Waals surface area contributed by atoms with E-state index in [0.29, 0.717) is 0 Å². The highest BCUT2D eigenvalue weighted by Gasteiger charge is 2.10. The van der Waals surface area contributed by atoms with Crippen molar-refractivity contribution in [1.29, 1.82) is 0 Å². The Morgan fingerprint density at radius 2 is 2.07 bits per heavy atom. The van der Waals surface area contributed by atoms with Gasteiger partial charge in [-0.3, -0.25) is 9.80 Å². The predicted molar refractivity (Wildman–Crippen MR) is 63.0 cm³/mol. The Kier molecular flexibility index (Phi) is 6.59. The summed E-state index contributed by atoms with van der Waals surface area (Å²) in [6.45, 7) is 12.2.